The molecule has 1 unspecified atom stereocenters. The van der Waals surface area contributed by atoms with E-state index in [1.807, 2.05) is 0 Å². The quantitative estimate of drug-likeness (QED) is 0.530. The van der Waals surface area contributed by atoms with Crippen molar-refractivity contribution < 1.29 is 44.3 Å². The first-order chi connectivity index (χ1) is 9.49. The van der Waals surface area contributed by atoms with Crippen LogP contribution in [0.3, 0.4) is 0 Å². The number of ketones is 1. The van der Waals surface area contributed by atoms with E-state index in [4.69, 9.17) is 5.73 Å². The van der Waals surface area contributed by atoms with Crippen LogP contribution in [0.4, 0.5) is 0 Å². The Morgan fingerprint density at radius 2 is 1.67 bits per heavy atom. The maximum absolute atomic E-state index is 12.3. The molecule has 21 heavy (non-hydrogen) atoms. The summed E-state index contributed by atoms with van der Waals surface area (Å²) in [6, 6.07) is 11.9. The van der Waals surface area contributed by atoms with Crippen molar-refractivity contribution in [3.63, 3.8) is 0 Å². The first-order valence-corrected chi connectivity index (χ1v) is 6.65. The van der Waals surface area contributed by atoms with Crippen LogP contribution in [0.25, 0.3) is 0 Å². The average Bonchev–Trinajstić information content (AvgIpc) is 2.46. The number of carbonyl (C=O) groups excluding carboxylic acids is 2. The summed E-state index contributed by atoms with van der Waals surface area (Å²) in [6.45, 7) is 0. The van der Waals surface area contributed by atoms with Crippen LogP contribution in [0, 0.1) is 0 Å². The first kappa shape index (κ1) is 18.1. The van der Waals surface area contributed by atoms with Crippen molar-refractivity contribution in [2.24, 2.45) is 5.73 Å². The van der Waals surface area contributed by atoms with Gasteiger partial charge in [0, 0.05) is 15.6 Å². The molecule has 0 saturated heterocycles. The fraction of sp³-hybridized carbons (Fsp3) is 0.0667. The number of benzene rings is 2. The number of hydrogen-bond donors (Lipinski definition) is 1. The summed E-state index contributed by atoms with van der Waals surface area (Å²) < 4.78 is 0.877. The molecule has 0 spiro atoms. The second kappa shape index (κ2) is 7.87. The number of aliphatic carboxylic acids is 1. The van der Waals surface area contributed by atoms with Gasteiger partial charge in [0.25, 0.3) is 0 Å². The van der Waals surface area contributed by atoms with Gasteiger partial charge in [-0.05, 0) is 35.9 Å². The molecule has 2 aromatic carbocycles. The molecule has 0 aliphatic rings. The first-order valence-electron chi connectivity index (χ1n) is 5.85. The second-order valence-corrected chi connectivity index (χ2v) is 5.17. The van der Waals surface area contributed by atoms with Gasteiger partial charge in [-0.15, -0.1) is 0 Å². The zero-order valence-electron chi connectivity index (χ0n) is 11.4. The number of carboxylic acid groups (broad SMARTS) is 1. The maximum Gasteiger partial charge on any atom is 1.00 e. The Morgan fingerprint density at radius 1 is 1.05 bits per heavy atom. The van der Waals surface area contributed by atoms with Crippen LogP contribution >= 0.6 is 15.9 Å². The van der Waals surface area contributed by atoms with Gasteiger partial charge in [-0.3, -0.25) is 4.79 Å². The Balaban J connectivity index is 0.00000220. The average molecular weight is 356 g/mol. The monoisotopic (exact) mass is 355 g/mol. The molecule has 0 amide bonds. The van der Waals surface area contributed by atoms with Crippen molar-refractivity contribution in [2.75, 3.05) is 0 Å². The van der Waals surface area contributed by atoms with E-state index in [0.29, 0.717) is 16.7 Å². The molecule has 4 nitrogen and oxygen atoms in total. The van der Waals surface area contributed by atoms with Crippen LogP contribution in [-0.4, -0.2) is 11.8 Å². The fourth-order valence-corrected chi connectivity index (χ4v) is 2.04. The second-order valence-electron chi connectivity index (χ2n) is 4.26. The van der Waals surface area contributed by atoms with Crippen molar-refractivity contribution in [3.05, 3.63) is 69.7 Å². The third kappa shape index (κ3) is 4.49. The number of hydrogen-bond acceptors (Lipinski definition) is 4. The van der Waals surface area contributed by atoms with Crippen molar-refractivity contribution >= 4 is 27.7 Å². The third-order valence-corrected chi connectivity index (χ3v) is 3.40. The number of carbonyl (C=O) groups is 2. The molecule has 0 aliphatic heterocycles. The number of nitrogens with two attached hydrogens (primary N) is 1. The Morgan fingerprint density at radius 3 is 2.24 bits per heavy atom. The Bertz CT molecular complexity index is 658. The van der Waals surface area contributed by atoms with Gasteiger partial charge in [-0.2, -0.15) is 0 Å². The SMILES string of the molecule is NC(C(=O)[O-])c1cccc(C(=O)c2ccc(Br)cc2)c1.[Na+]. The predicted molar refractivity (Wildman–Crippen MR) is 76.0 cm³/mol. The van der Waals surface area contributed by atoms with Gasteiger partial charge >= 0.3 is 29.6 Å². The van der Waals surface area contributed by atoms with E-state index in [2.05, 4.69) is 15.9 Å². The van der Waals surface area contributed by atoms with Crippen LogP contribution in [0.5, 0.6) is 0 Å². The third-order valence-electron chi connectivity index (χ3n) is 2.87. The largest absolute Gasteiger partial charge is 1.00 e. The van der Waals surface area contributed by atoms with E-state index < -0.39 is 12.0 Å². The normalized spacial score (nSPS) is 11.3. The van der Waals surface area contributed by atoms with Crippen LogP contribution in [0.15, 0.2) is 53.0 Å². The molecular formula is C15H11BrNNaO3. The summed E-state index contributed by atoms with van der Waals surface area (Å²) >= 11 is 3.30. The Kier molecular flexibility index (Phi) is 6.77. The van der Waals surface area contributed by atoms with Gasteiger partial charge < -0.3 is 15.6 Å². The van der Waals surface area contributed by atoms with E-state index in [1.165, 1.54) is 6.07 Å². The molecule has 0 fully saturated rings. The minimum atomic E-state index is -1.38. The maximum atomic E-state index is 12.3. The molecule has 0 aromatic heterocycles. The molecule has 2 aromatic rings. The van der Waals surface area contributed by atoms with E-state index in [9.17, 15) is 14.7 Å². The topological polar surface area (TPSA) is 83.2 Å². The summed E-state index contributed by atoms with van der Waals surface area (Å²) in [5.74, 6) is -1.57. The van der Waals surface area contributed by atoms with E-state index in [0.717, 1.165) is 4.47 Å². The van der Waals surface area contributed by atoms with Crippen molar-refractivity contribution in [2.45, 2.75) is 6.04 Å². The molecular weight excluding hydrogens is 345 g/mol. The van der Waals surface area contributed by atoms with Gasteiger partial charge in [0.2, 0.25) is 0 Å². The Labute approximate surface area is 152 Å². The Hall–Kier alpha value is -0.980. The van der Waals surface area contributed by atoms with Crippen LogP contribution < -0.4 is 40.4 Å². The van der Waals surface area contributed by atoms with Crippen LogP contribution in [0.1, 0.15) is 27.5 Å². The van der Waals surface area contributed by atoms with Gasteiger partial charge in [0.1, 0.15) is 0 Å². The standard InChI is InChI=1S/C15H12BrNO3.Na/c16-12-6-4-9(5-7-12)14(18)11-3-1-2-10(8-11)13(17)15(19)20;/h1-8,13H,17H2,(H,19,20);/q;+1/p-1. The van der Waals surface area contributed by atoms with Crippen LogP contribution in [0.2, 0.25) is 0 Å². The number of rotatable bonds is 4. The summed E-state index contributed by atoms with van der Waals surface area (Å²) in [7, 11) is 0. The zero-order chi connectivity index (χ0) is 14.7. The van der Waals surface area contributed by atoms with Crippen molar-refractivity contribution in [1.29, 1.82) is 0 Å². The van der Waals surface area contributed by atoms with Gasteiger partial charge in [0.05, 0.1) is 12.0 Å². The van der Waals surface area contributed by atoms with E-state index in [-0.39, 0.29) is 35.3 Å². The molecule has 6 heteroatoms. The molecule has 0 radical (unpaired) electrons. The summed E-state index contributed by atoms with van der Waals surface area (Å²) in [5.41, 5.74) is 6.74. The predicted octanol–water partition coefficient (Wildman–Crippen LogP) is -1.57. The smallest absolute Gasteiger partial charge is 0.548 e. The summed E-state index contributed by atoms with van der Waals surface area (Å²) in [6.07, 6.45) is 0. The van der Waals surface area contributed by atoms with E-state index in [1.54, 1.807) is 42.5 Å². The minimum Gasteiger partial charge on any atom is -0.548 e. The zero-order valence-corrected chi connectivity index (χ0v) is 15.0. The molecule has 0 saturated carbocycles. The summed E-state index contributed by atoms with van der Waals surface area (Å²) in [5, 5.41) is 10.8. The summed E-state index contributed by atoms with van der Waals surface area (Å²) in [4.78, 5) is 23.0. The fourth-order valence-electron chi connectivity index (χ4n) is 1.78. The molecule has 0 aliphatic carbocycles. The molecule has 2 N–H and O–H groups in total. The number of halogens is 1. The number of carboxylic acids is 1. The van der Waals surface area contributed by atoms with Crippen LogP contribution in [-0.2, 0) is 4.79 Å². The van der Waals surface area contributed by atoms with Crippen molar-refractivity contribution in [1.82, 2.24) is 0 Å². The molecule has 1 atom stereocenters. The van der Waals surface area contributed by atoms with Gasteiger partial charge in [0.15, 0.2) is 5.78 Å². The molecule has 102 valence electrons. The minimum absolute atomic E-state index is 0. The van der Waals surface area contributed by atoms with Gasteiger partial charge in [-0.1, -0.05) is 34.1 Å². The van der Waals surface area contributed by atoms with E-state index >= 15 is 0 Å². The molecule has 0 heterocycles. The molecule has 0 bridgehead atoms. The molecule has 2 rings (SSSR count). The van der Waals surface area contributed by atoms with Gasteiger partial charge in [-0.25, -0.2) is 0 Å². The van der Waals surface area contributed by atoms with Crippen molar-refractivity contribution in [3.8, 4) is 0 Å².